The first-order valence-corrected chi connectivity index (χ1v) is 6.45. The van der Waals surface area contributed by atoms with Gasteiger partial charge in [0.2, 0.25) is 0 Å². The van der Waals surface area contributed by atoms with Gasteiger partial charge in [-0.1, -0.05) is 6.07 Å². The molecule has 3 rings (SSSR count). The lowest BCUT2D eigenvalue weighted by Crippen LogP contribution is -2.19. The Morgan fingerprint density at radius 1 is 1.26 bits per heavy atom. The van der Waals surface area contributed by atoms with Crippen LogP contribution in [0.3, 0.4) is 0 Å². The van der Waals surface area contributed by atoms with Crippen molar-refractivity contribution in [3.05, 3.63) is 41.9 Å². The standard InChI is InChI=1S/C14H15F2N3/c15-10-2-1-3-11(16)14(10)12-8-18-13(19-12)6-7-17-9-4-5-9/h1-3,8-9,17H,4-7H2,(H,18,19). The summed E-state index contributed by atoms with van der Waals surface area (Å²) in [6.45, 7) is 0.831. The molecular weight excluding hydrogens is 248 g/mol. The van der Waals surface area contributed by atoms with Crippen LogP contribution in [-0.2, 0) is 6.42 Å². The van der Waals surface area contributed by atoms with Crippen molar-refractivity contribution in [2.24, 2.45) is 0 Å². The van der Waals surface area contributed by atoms with Gasteiger partial charge in [-0.25, -0.2) is 13.8 Å². The molecule has 0 unspecified atom stereocenters. The molecule has 0 bridgehead atoms. The van der Waals surface area contributed by atoms with Crippen molar-refractivity contribution < 1.29 is 8.78 Å². The van der Waals surface area contributed by atoms with Gasteiger partial charge in [0, 0.05) is 19.0 Å². The van der Waals surface area contributed by atoms with Gasteiger partial charge in [0.1, 0.15) is 17.5 Å². The van der Waals surface area contributed by atoms with Crippen LogP contribution in [0.1, 0.15) is 18.7 Å². The van der Waals surface area contributed by atoms with Crippen molar-refractivity contribution >= 4 is 0 Å². The molecule has 5 heteroatoms. The maximum Gasteiger partial charge on any atom is 0.135 e. The van der Waals surface area contributed by atoms with Crippen molar-refractivity contribution in [2.45, 2.75) is 25.3 Å². The normalized spacial score (nSPS) is 14.8. The lowest BCUT2D eigenvalue weighted by atomic mass is 10.1. The Morgan fingerprint density at radius 3 is 2.68 bits per heavy atom. The minimum absolute atomic E-state index is 0.0450. The van der Waals surface area contributed by atoms with Gasteiger partial charge in [-0.15, -0.1) is 0 Å². The van der Waals surface area contributed by atoms with E-state index in [0.717, 1.165) is 18.8 Å². The van der Waals surface area contributed by atoms with E-state index in [1.54, 1.807) is 0 Å². The number of benzene rings is 1. The van der Waals surface area contributed by atoms with Crippen molar-refractivity contribution in [3.8, 4) is 11.3 Å². The number of rotatable bonds is 5. The Morgan fingerprint density at radius 2 is 2.00 bits per heavy atom. The van der Waals surface area contributed by atoms with Crippen LogP contribution in [0.4, 0.5) is 8.78 Å². The number of imidazole rings is 1. The Kier molecular flexibility index (Phi) is 3.29. The topological polar surface area (TPSA) is 40.7 Å². The third kappa shape index (κ3) is 2.81. The third-order valence-corrected chi connectivity index (χ3v) is 3.23. The van der Waals surface area contributed by atoms with Gasteiger partial charge >= 0.3 is 0 Å². The van der Waals surface area contributed by atoms with Gasteiger partial charge in [0.15, 0.2) is 0 Å². The van der Waals surface area contributed by atoms with Gasteiger partial charge in [-0.3, -0.25) is 0 Å². The number of nitrogens with zero attached hydrogens (tertiary/aromatic N) is 1. The van der Waals surface area contributed by atoms with Crippen LogP contribution in [0.15, 0.2) is 24.4 Å². The quantitative estimate of drug-likeness (QED) is 0.870. The molecule has 2 aromatic rings. The summed E-state index contributed by atoms with van der Waals surface area (Å²) in [5, 5.41) is 3.37. The first kappa shape index (κ1) is 12.3. The molecule has 1 fully saturated rings. The van der Waals surface area contributed by atoms with E-state index in [1.165, 1.54) is 37.2 Å². The molecule has 1 aromatic heterocycles. The van der Waals surface area contributed by atoms with Gasteiger partial charge < -0.3 is 10.3 Å². The number of nitrogens with one attached hydrogen (secondary N) is 2. The van der Waals surface area contributed by atoms with Gasteiger partial charge in [0.05, 0.1) is 17.5 Å². The third-order valence-electron chi connectivity index (χ3n) is 3.23. The minimum Gasteiger partial charge on any atom is -0.342 e. The molecule has 1 aromatic carbocycles. The van der Waals surface area contributed by atoms with Crippen LogP contribution in [0.5, 0.6) is 0 Å². The molecule has 3 nitrogen and oxygen atoms in total. The van der Waals surface area contributed by atoms with Crippen LogP contribution < -0.4 is 5.32 Å². The fraction of sp³-hybridized carbons (Fsp3) is 0.357. The van der Waals surface area contributed by atoms with Crippen molar-refractivity contribution in [1.29, 1.82) is 0 Å². The first-order chi connectivity index (χ1) is 9.24. The van der Waals surface area contributed by atoms with E-state index in [-0.39, 0.29) is 5.56 Å². The van der Waals surface area contributed by atoms with Gasteiger partial charge in [-0.05, 0) is 25.0 Å². The smallest absolute Gasteiger partial charge is 0.135 e. The predicted molar refractivity (Wildman–Crippen MR) is 68.7 cm³/mol. The molecule has 0 atom stereocenters. The molecule has 0 radical (unpaired) electrons. The molecule has 0 amide bonds. The zero-order valence-electron chi connectivity index (χ0n) is 10.4. The summed E-state index contributed by atoms with van der Waals surface area (Å²) < 4.78 is 27.2. The maximum absolute atomic E-state index is 13.6. The van der Waals surface area contributed by atoms with Crippen molar-refractivity contribution in [2.75, 3.05) is 6.54 Å². The number of hydrogen-bond donors (Lipinski definition) is 2. The maximum atomic E-state index is 13.6. The van der Waals surface area contributed by atoms with E-state index in [4.69, 9.17) is 0 Å². The highest BCUT2D eigenvalue weighted by Gasteiger charge is 2.20. The molecule has 0 saturated heterocycles. The minimum atomic E-state index is -0.577. The van der Waals surface area contributed by atoms with E-state index < -0.39 is 11.6 Å². The predicted octanol–water partition coefficient (Wildman–Crippen LogP) is 2.65. The summed E-state index contributed by atoms with van der Waals surface area (Å²) in [5.41, 5.74) is 0.341. The molecular formula is C14H15F2N3. The second kappa shape index (κ2) is 5.09. The summed E-state index contributed by atoms with van der Waals surface area (Å²) in [7, 11) is 0. The molecule has 19 heavy (non-hydrogen) atoms. The zero-order valence-corrected chi connectivity index (χ0v) is 10.4. The molecule has 1 aliphatic rings. The Balaban J connectivity index is 1.72. The van der Waals surface area contributed by atoms with Crippen LogP contribution in [0.25, 0.3) is 11.3 Å². The Bertz CT molecular complexity index is 556. The number of aromatic nitrogens is 2. The fourth-order valence-electron chi connectivity index (χ4n) is 2.05. The molecule has 2 N–H and O–H groups in total. The van der Waals surface area contributed by atoms with E-state index in [9.17, 15) is 8.78 Å². The molecule has 1 heterocycles. The zero-order chi connectivity index (χ0) is 13.2. The molecule has 1 aliphatic carbocycles. The van der Waals surface area contributed by atoms with Crippen molar-refractivity contribution in [1.82, 2.24) is 15.3 Å². The lowest BCUT2D eigenvalue weighted by Gasteiger charge is -2.02. The van der Waals surface area contributed by atoms with E-state index >= 15 is 0 Å². The Hall–Kier alpha value is -1.75. The number of halogens is 2. The van der Waals surface area contributed by atoms with Gasteiger partial charge in [0.25, 0.3) is 0 Å². The summed E-state index contributed by atoms with van der Waals surface area (Å²) >= 11 is 0. The molecule has 0 aliphatic heterocycles. The average molecular weight is 263 g/mol. The van der Waals surface area contributed by atoms with Crippen molar-refractivity contribution in [3.63, 3.8) is 0 Å². The van der Waals surface area contributed by atoms with Gasteiger partial charge in [-0.2, -0.15) is 0 Å². The van der Waals surface area contributed by atoms with Crippen LogP contribution in [-0.4, -0.2) is 22.6 Å². The highest BCUT2D eigenvalue weighted by Crippen LogP contribution is 2.24. The molecule has 100 valence electrons. The highest BCUT2D eigenvalue weighted by molar-refractivity contribution is 5.60. The summed E-state index contributed by atoms with van der Waals surface area (Å²) in [5.74, 6) is -0.414. The highest BCUT2D eigenvalue weighted by atomic mass is 19.1. The van der Waals surface area contributed by atoms with Crippen LogP contribution in [0.2, 0.25) is 0 Å². The first-order valence-electron chi connectivity index (χ1n) is 6.45. The van der Waals surface area contributed by atoms with E-state index in [0.29, 0.717) is 11.7 Å². The lowest BCUT2D eigenvalue weighted by molar-refractivity contribution is 0.588. The number of aromatic amines is 1. The average Bonchev–Trinajstić information content (AvgIpc) is 3.08. The van der Waals surface area contributed by atoms with E-state index in [2.05, 4.69) is 15.3 Å². The van der Waals surface area contributed by atoms with Crippen LogP contribution in [0, 0.1) is 11.6 Å². The molecule has 0 spiro atoms. The second-order valence-corrected chi connectivity index (χ2v) is 4.82. The summed E-state index contributed by atoms with van der Waals surface area (Å²) in [6.07, 6.45) is 4.69. The SMILES string of the molecule is Fc1cccc(F)c1-c1cnc(CCNC2CC2)[nH]1. The number of hydrogen-bond acceptors (Lipinski definition) is 2. The van der Waals surface area contributed by atoms with E-state index in [1.807, 2.05) is 0 Å². The second-order valence-electron chi connectivity index (χ2n) is 4.82. The Labute approximate surface area is 110 Å². The monoisotopic (exact) mass is 263 g/mol. The van der Waals surface area contributed by atoms with Crippen LogP contribution >= 0.6 is 0 Å². The molecule has 1 saturated carbocycles. The summed E-state index contributed by atoms with van der Waals surface area (Å²) in [4.78, 5) is 7.14. The fourth-order valence-corrected chi connectivity index (χ4v) is 2.05. The number of H-pyrrole nitrogens is 1. The largest absolute Gasteiger partial charge is 0.342 e. The summed E-state index contributed by atoms with van der Waals surface area (Å²) in [6, 6.07) is 4.49.